The summed E-state index contributed by atoms with van der Waals surface area (Å²) in [6, 6.07) is 5.22. The number of nitrogens with one attached hydrogen (secondary N) is 3. The van der Waals surface area contributed by atoms with Crippen molar-refractivity contribution in [3.63, 3.8) is 0 Å². The normalized spacial score (nSPS) is 14.0. The number of amides is 3. The maximum atomic E-state index is 12.6. The summed E-state index contributed by atoms with van der Waals surface area (Å²) >= 11 is 0. The summed E-state index contributed by atoms with van der Waals surface area (Å²) in [6.07, 6.45) is 0.805. The Kier molecular flexibility index (Phi) is 8.78. The van der Waals surface area contributed by atoms with Crippen molar-refractivity contribution < 1.29 is 19.1 Å². The molecule has 0 aliphatic rings. The molecule has 0 saturated carbocycles. The number of ether oxygens (including phenoxy) is 1. The monoisotopic (exact) mass is 377 g/mol. The average Bonchev–Trinajstić information content (AvgIpc) is 2.65. The van der Waals surface area contributed by atoms with Crippen LogP contribution >= 0.6 is 0 Å². The second-order valence-electron chi connectivity index (χ2n) is 6.97. The van der Waals surface area contributed by atoms with Crippen LogP contribution in [0, 0.1) is 5.92 Å². The third-order valence-electron chi connectivity index (χ3n) is 4.34. The van der Waals surface area contributed by atoms with Gasteiger partial charge in [0.25, 0.3) is 5.91 Å². The van der Waals surface area contributed by atoms with Gasteiger partial charge in [-0.05, 0) is 50.5 Å². The molecule has 3 unspecified atom stereocenters. The highest BCUT2D eigenvalue weighted by Gasteiger charge is 2.27. The first-order valence-electron chi connectivity index (χ1n) is 9.25. The second kappa shape index (κ2) is 10.5. The van der Waals surface area contributed by atoms with Gasteiger partial charge in [-0.2, -0.15) is 0 Å². The summed E-state index contributed by atoms with van der Waals surface area (Å²) in [5, 5.41) is 8.25. The van der Waals surface area contributed by atoms with Crippen LogP contribution in [-0.4, -0.2) is 43.0 Å². The minimum atomic E-state index is -0.751. The molecule has 0 aliphatic carbocycles. The molecule has 0 bridgehead atoms. The second-order valence-corrected chi connectivity index (χ2v) is 6.97. The highest BCUT2D eigenvalue weighted by molar-refractivity contribution is 5.98. The zero-order chi connectivity index (χ0) is 20.6. The summed E-state index contributed by atoms with van der Waals surface area (Å²) < 4.78 is 5.07. The summed E-state index contributed by atoms with van der Waals surface area (Å²) in [5.74, 6) is -0.494. The molecule has 0 radical (unpaired) electrons. The molecule has 0 aromatic heterocycles. The number of benzene rings is 1. The third kappa shape index (κ3) is 6.92. The molecular formula is C20H31N3O4. The van der Waals surface area contributed by atoms with Gasteiger partial charge in [-0.15, -0.1) is 0 Å². The van der Waals surface area contributed by atoms with Crippen LogP contribution in [0.2, 0.25) is 0 Å². The van der Waals surface area contributed by atoms with E-state index in [1.165, 1.54) is 0 Å². The Bertz CT molecular complexity index is 643. The fourth-order valence-electron chi connectivity index (χ4n) is 2.34. The summed E-state index contributed by atoms with van der Waals surface area (Å²) in [6.45, 7) is 9.17. The Morgan fingerprint density at radius 2 is 1.52 bits per heavy atom. The number of hydrogen-bond donors (Lipinski definition) is 3. The van der Waals surface area contributed by atoms with Gasteiger partial charge in [0.15, 0.2) is 0 Å². The van der Waals surface area contributed by atoms with Crippen molar-refractivity contribution in [3.8, 4) is 5.75 Å². The highest BCUT2D eigenvalue weighted by Crippen LogP contribution is 2.12. The Balaban J connectivity index is 2.74. The Hall–Kier alpha value is -2.57. The van der Waals surface area contributed by atoms with Crippen LogP contribution in [0.4, 0.5) is 0 Å². The van der Waals surface area contributed by atoms with Crippen LogP contribution in [0.15, 0.2) is 24.3 Å². The Morgan fingerprint density at radius 3 is 2.00 bits per heavy atom. The molecule has 0 fully saturated rings. The van der Waals surface area contributed by atoms with Crippen molar-refractivity contribution >= 4 is 17.7 Å². The van der Waals surface area contributed by atoms with Gasteiger partial charge in [0.05, 0.1) is 7.11 Å². The van der Waals surface area contributed by atoms with Gasteiger partial charge >= 0.3 is 0 Å². The van der Waals surface area contributed by atoms with E-state index in [9.17, 15) is 14.4 Å². The predicted octanol–water partition coefficient (Wildman–Crippen LogP) is 1.87. The molecule has 1 rings (SSSR count). The molecule has 150 valence electrons. The minimum Gasteiger partial charge on any atom is -0.497 e. The first-order chi connectivity index (χ1) is 12.7. The average molecular weight is 377 g/mol. The van der Waals surface area contributed by atoms with Crippen LogP contribution in [0.25, 0.3) is 0 Å². The van der Waals surface area contributed by atoms with Crippen LogP contribution in [0.5, 0.6) is 5.75 Å². The molecule has 1 aromatic carbocycles. The van der Waals surface area contributed by atoms with Crippen molar-refractivity contribution in [1.29, 1.82) is 0 Å². The van der Waals surface area contributed by atoms with Gasteiger partial charge in [-0.25, -0.2) is 0 Å². The quantitative estimate of drug-likeness (QED) is 0.612. The van der Waals surface area contributed by atoms with E-state index in [0.717, 1.165) is 6.42 Å². The molecule has 3 amide bonds. The molecule has 3 atom stereocenters. The van der Waals surface area contributed by atoms with Crippen molar-refractivity contribution in [1.82, 2.24) is 16.0 Å². The van der Waals surface area contributed by atoms with E-state index >= 15 is 0 Å². The lowest BCUT2D eigenvalue weighted by Gasteiger charge is -2.24. The smallest absolute Gasteiger partial charge is 0.251 e. The maximum absolute atomic E-state index is 12.6. The van der Waals surface area contributed by atoms with Gasteiger partial charge in [0.2, 0.25) is 11.8 Å². The molecule has 27 heavy (non-hydrogen) atoms. The molecule has 0 spiro atoms. The molecule has 1 aromatic rings. The predicted molar refractivity (Wildman–Crippen MR) is 105 cm³/mol. The fraction of sp³-hybridized carbons (Fsp3) is 0.550. The number of rotatable bonds is 9. The van der Waals surface area contributed by atoms with E-state index in [1.54, 1.807) is 38.3 Å². The van der Waals surface area contributed by atoms with Gasteiger partial charge < -0.3 is 20.7 Å². The Morgan fingerprint density at radius 1 is 0.926 bits per heavy atom. The van der Waals surface area contributed by atoms with E-state index in [-0.39, 0.29) is 23.8 Å². The van der Waals surface area contributed by atoms with E-state index in [1.807, 2.05) is 27.7 Å². The number of carbonyl (C=O) groups excluding carboxylic acids is 3. The molecule has 3 N–H and O–H groups in total. The Labute approximate surface area is 161 Å². The number of methoxy groups -OCH3 is 1. The molecule has 7 heteroatoms. The number of hydrogen-bond acceptors (Lipinski definition) is 4. The SMILES string of the molecule is CCC(C)NC(=O)C(C)NC(=O)C(NC(=O)c1ccc(OC)cc1)C(C)C. The largest absolute Gasteiger partial charge is 0.497 e. The fourth-order valence-corrected chi connectivity index (χ4v) is 2.34. The summed E-state index contributed by atoms with van der Waals surface area (Å²) in [5.41, 5.74) is 0.428. The van der Waals surface area contributed by atoms with Crippen molar-refractivity contribution in [3.05, 3.63) is 29.8 Å². The van der Waals surface area contributed by atoms with Crippen molar-refractivity contribution in [2.24, 2.45) is 5.92 Å². The zero-order valence-electron chi connectivity index (χ0n) is 17.0. The van der Waals surface area contributed by atoms with Crippen LogP contribution in [-0.2, 0) is 9.59 Å². The van der Waals surface area contributed by atoms with Crippen molar-refractivity contribution in [2.45, 2.75) is 59.2 Å². The lowest BCUT2D eigenvalue weighted by Crippen LogP contribution is -2.55. The van der Waals surface area contributed by atoms with Crippen LogP contribution in [0.1, 0.15) is 51.4 Å². The molecule has 0 saturated heterocycles. The van der Waals surface area contributed by atoms with E-state index < -0.39 is 18.0 Å². The van der Waals surface area contributed by atoms with E-state index in [0.29, 0.717) is 11.3 Å². The molecule has 0 aliphatic heterocycles. The standard InChI is InChI=1S/C20H31N3O4/c1-7-13(4)21-18(24)14(5)22-20(26)17(12(2)3)23-19(25)15-8-10-16(27-6)11-9-15/h8-14,17H,7H2,1-6H3,(H,21,24)(H,22,26)(H,23,25). The lowest BCUT2D eigenvalue weighted by molar-refractivity contribution is -0.130. The molecule has 0 heterocycles. The first kappa shape index (κ1) is 22.5. The third-order valence-corrected chi connectivity index (χ3v) is 4.34. The minimum absolute atomic E-state index is 0.0347. The van der Waals surface area contributed by atoms with Gasteiger partial charge in [-0.1, -0.05) is 20.8 Å². The van der Waals surface area contributed by atoms with Gasteiger partial charge in [-0.3, -0.25) is 14.4 Å². The maximum Gasteiger partial charge on any atom is 0.251 e. The first-order valence-corrected chi connectivity index (χ1v) is 9.25. The highest BCUT2D eigenvalue weighted by atomic mass is 16.5. The molecular weight excluding hydrogens is 346 g/mol. The summed E-state index contributed by atoms with van der Waals surface area (Å²) in [7, 11) is 1.55. The zero-order valence-corrected chi connectivity index (χ0v) is 17.0. The molecule has 7 nitrogen and oxygen atoms in total. The van der Waals surface area contributed by atoms with Gasteiger partial charge in [0, 0.05) is 11.6 Å². The van der Waals surface area contributed by atoms with E-state index in [4.69, 9.17) is 4.74 Å². The number of carbonyl (C=O) groups is 3. The topological polar surface area (TPSA) is 96.5 Å². The summed E-state index contributed by atoms with van der Waals surface area (Å²) in [4.78, 5) is 37.2. The van der Waals surface area contributed by atoms with Crippen LogP contribution in [0.3, 0.4) is 0 Å². The van der Waals surface area contributed by atoms with Crippen molar-refractivity contribution in [2.75, 3.05) is 7.11 Å². The van der Waals surface area contributed by atoms with Crippen LogP contribution < -0.4 is 20.7 Å². The lowest BCUT2D eigenvalue weighted by atomic mass is 10.0. The van der Waals surface area contributed by atoms with E-state index in [2.05, 4.69) is 16.0 Å². The van der Waals surface area contributed by atoms with Gasteiger partial charge in [0.1, 0.15) is 17.8 Å².